The summed E-state index contributed by atoms with van der Waals surface area (Å²) in [7, 11) is 0. The van der Waals surface area contributed by atoms with E-state index in [0.717, 1.165) is 30.5 Å². The topological polar surface area (TPSA) is 87.1 Å². The maximum atomic E-state index is 11.7. The van der Waals surface area contributed by atoms with Gasteiger partial charge in [-0.05, 0) is 36.5 Å². The molecule has 0 unspecified atom stereocenters. The molecule has 1 aliphatic carbocycles. The van der Waals surface area contributed by atoms with E-state index in [-0.39, 0.29) is 5.56 Å². The smallest absolute Gasteiger partial charge is 0.341 e. The lowest BCUT2D eigenvalue weighted by atomic mass is 9.96. The number of carbonyl (C=O) groups is 1. The largest absolute Gasteiger partial charge is 0.477 e. The van der Waals surface area contributed by atoms with Crippen molar-refractivity contribution >= 4 is 23.4 Å². The van der Waals surface area contributed by atoms with Gasteiger partial charge in [-0.15, -0.1) is 0 Å². The molecule has 0 atom stereocenters. The minimum absolute atomic E-state index is 0.0544. The van der Waals surface area contributed by atoms with Crippen LogP contribution < -0.4 is 10.6 Å². The molecule has 0 spiro atoms. The number of nitrogens with zero attached hydrogens (tertiary/aromatic N) is 2. The first kappa shape index (κ1) is 19.9. The van der Waals surface area contributed by atoms with Crippen LogP contribution in [-0.4, -0.2) is 27.1 Å². The molecule has 6 nitrogen and oxygen atoms in total. The van der Waals surface area contributed by atoms with E-state index < -0.39 is 5.97 Å². The Morgan fingerprint density at radius 3 is 2.50 bits per heavy atom. The Morgan fingerprint density at radius 2 is 1.73 bits per heavy atom. The van der Waals surface area contributed by atoms with Crippen LogP contribution in [0.3, 0.4) is 0 Å². The number of carboxylic acids is 1. The van der Waals surface area contributed by atoms with Crippen LogP contribution in [0.15, 0.2) is 60.8 Å². The third kappa shape index (κ3) is 4.95. The van der Waals surface area contributed by atoms with Crippen molar-refractivity contribution in [2.45, 2.75) is 44.6 Å². The molecule has 0 amide bonds. The standard InChI is InChI=1S/C24H26N4O2/c29-23(30)20-16-25-24(26-19-12-5-2-6-13-19)28-22(20)27-21-14-8-7-11-18(21)15-17-9-3-1-4-10-17/h1,3-4,7-11,14,16,19H,2,5-6,12-13,15H2,(H,29,30)(H2,25,26,27,28). The fourth-order valence-electron chi connectivity index (χ4n) is 3.87. The highest BCUT2D eigenvalue weighted by molar-refractivity contribution is 5.94. The highest BCUT2D eigenvalue weighted by Crippen LogP contribution is 2.26. The van der Waals surface area contributed by atoms with Crippen molar-refractivity contribution in [2.24, 2.45) is 0 Å². The lowest BCUT2D eigenvalue weighted by Crippen LogP contribution is -2.24. The van der Waals surface area contributed by atoms with E-state index in [9.17, 15) is 9.90 Å². The Hall–Kier alpha value is -3.41. The Balaban J connectivity index is 1.60. The van der Waals surface area contributed by atoms with E-state index >= 15 is 0 Å². The van der Waals surface area contributed by atoms with Crippen LogP contribution in [0.1, 0.15) is 53.6 Å². The van der Waals surface area contributed by atoms with Crippen LogP contribution in [-0.2, 0) is 6.42 Å². The summed E-state index contributed by atoms with van der Waals surface area (Å²) < 4.78 is 0. The molecule has 1 fully saturated rings. The van der Waals surface area contributed by atoms with Crippen LogP contribution in [0, 0.1) is 0 Å². The third-order valence-electron chi connectivity index (χ3n) is 5.47. The summed E-state index contributed by atoms with van der Waals surface area (Å²) in [4.78, 5) is 20.5. The van der Waals surface area contributed by atoms with E-state index in [1.807, 2.05) is 42.5 Å². The van der Waals surface area contributed by atoms with Gasteiger partial charge in [-0.3, -0.25) is 0 Å². The summed E-state index contributed by atoms with van der Waals surface area (Å²) in [6, 6.07) is 18.4. The summed E-state index contributed by atoms with van der Waals surface area (Å²) in [5.41, 5.74) is 3.15. The van der Waals surface area contributed by atoms with E-state index in [1.54, 1.807) is 0 Å². The summed E-state index contributed by atoms with van der Waals surface area (Å²) in [5, 5.41) is 16.2. The molecular weight excluding hydrogens is 376 g/mol. The first-order valence-electron chi connectivity index (χ1n) is 10.4. The second kappa shape index (κ2) is 9.39. The zero-order valence-corrected chi connectivity index (χ0v) is 16.8. The molecule has 0 radical (unpaired) electrons. The molecule has 1 heterocycles. The average molecular weight is 402 g/mol. The average Bonchev–Trinajstić information content (AvgIpc) is 2.76. The number of anilines is 3. The predicted octanol–water partition coefficient (Wildman–Crippen LogP) is 5.25. The zero-order chi connectivity index (χ0) is 20.8. The molecule has 6 heteroatoms. The minimum Gasteiger partial charge on any atom is -0.477 e. The van der Waals surface area contributed by atoms with Crippen LogP contribution in [0.4, 0.5) is 17.5 Å². The summed E-state index contributed by atoms with van der Waals surface area (Å²) in [6.45, 7) is 0. The van der Waals surface area contributed by atoms with Crippen molar-refractivity contribution in [1.82, 2.24) is 9.97 Å². The molecule has 3 N–H and O–H groups in total. The normalized spacial score (nSPS) is 14.3. The summed E-state index contributed by atoms with van der Waals surface area (Å²) in [5.74, 6) is -0.284. The van der Waals surface area contributed by atoms with Gasteiger partial charge in [-0.2, -0.15) is 4.98 Å². The van der Waals surface area contributed by atoms with Gasteiger partial charge in [-0.25, -0.2) is 9.78 Å². The van der Waals surface area contributed by atoms with Crippen molar-refractivity contribution in [3.8, 4) is 0 Å². The van der Waals surface area contributed by atoms with Crippen molar-refractivity contribution in [2.75, 3.05) is 10.6 Å². The van der Waals surface area contributed by atoms with Gasteiger partial charge in [0.2, 0.25) is 5.95 Å². The number of benzene rings is 2. The fraction of sp³-hybridized carbons (Fsp3) is 0.292. The molecule has 1 aliphatic rings. The molecule has 0 bridgehead atoms. The van der Waals surface area contributed by atoms with Gasteiger partial charge in [0.15, 0.2) is 5.82 Å². The number of nitrogens with one attached hydrogen (secondary N) is 2. The number of carboxylic acid groups (broad SMARTS) is 1. The summed E-state index contributed by atoms with van der Waals surface area (Å²) in [6.07, 6.45) is 7.96. The SMILES string of the molecule is O=C(O)c1cnc(NC2CCCCC2)nc1Nc1ccccc1Cc1ccccc1. The number of aromatic nitrogens is 2. The minimum atomic E-state index is -1.05. The Morgan fingerprint density at radius 1 is 1.00 bits per heavy atom. The zero-order valence-electron chi connectivity index (χ0n) is 16.8. The lowest BCUT2D eigenvalue weighted by Gasteiger charge is -2.23. The second-order valence-electron chi connectivity index (χ2n) is 7.68. The number of hydrogen-bond acceptors (Lipinski definition) is 5. The maximum Gasteiger partial charge on any atom is 0.341 e. The predicted molar refractivity (Wildman–Crippen MR) is 118 cm³/mol. The second-order valence-corrected chi connectivity index (χ2v) is 7.68. The van der Waals surface area contributed by atoms with E-state index in [4.69, 9.17) is 0 Å². The van der Waals surface area contributed by atoms with Crippen molar-refractivity contribution in [3.05, 3.63) is 77.5 Å². The highest BCUT2D eigenvalue weighted by atomic mass is 16.4. The Bertz CT molecular complexity index is 1000. The first-order chi connectivity index (χ1) is 14.7. The van der Waals surface area contributed by atoms with Gasteiger partial charge < -0.3 is 15.7 Å². The molecule has 4 rings (SSSR count). The van der Waals surface area contributed by atoms with Crippen molar-refractivity contribution in [1.29, 1.82) is 0 Å². The maximum absolute atomic E-state index is 11.7. The number of hydrogen-bond donors (Lipinski definition) is 3. The van der Waals surface area contributed by atoms with E-state index in [1.165, 1.54) is 31.0 Å². The van der Waals surface area contributed by atoms with Gasteiger partial charge in [0.25, 0.3) is 0 Å². The van der Waals surface area contributed by atoms with Crippen LogP contribution in [0.5, 0.6) is 0 Å². The summed E-state index contributed by atoms with van der Waals surface area (Å²) >= 11 is 0. The highest BCUT2D eigenvalue weighted by Gasteiger charge is 2.18. The van der Waals surface area contributed by atoms with Crippen LogP contribution >= 0.6 is 0 Å². The third-order valence-corrected chi connectivity index (χ3v) is 5.47. The van der Waals surface area contributed by atoms with E-state index in [0.29, 0.717) is 17.8 Å². The number of para-hydroxylation sites is 1. The molecule has 1 aromatic heterocycles. The van der Waals surface area contributed by atoms with Gasteiger partial charge in [0, 0.05) is 17.9 Å². The molecule has 2 aromatic carbocycles. The molecule has 1 saturated carbocycles. The van der Waals surface area contributed by atoms with Crippen LogP contribution in [0.2, 0.25) is 0 Å². The first-order valence-corrected chi connectivity index (χ1v) is 10.4. The molecule has 30 heavy (non-hydrogen) atoms. The Kier molecular flexibility index (Phi) is 6.23. The molecule has 0 saturated heterocycles. The quantitative estimate of drug-likeness (QED) is 0.500. The molecule has 0 aliphatic heterocycles. The van der Waals surface area contributed by atoms with Crippen molar-refractivity contribution < 1.29 is 9.90 Å². The number of aromatic carboxylic acids is 1. The Labute approximate surface area is 176 Å². The van der Waals surface area contributed by atoms with E-state index in [2.05, 4.69) is 32.7 Å². The lowest BCUT2D eigenvalue weighted by molar-refractivity contribution is 0.0697. The van der Waals surface area contributed by atoms with Gasteiger partial charge in [0.1, 0.15) is 5.56 Å². The molecule has 3 aromatic rings. The molecule has 154 valence electrons. The fourth-order valence-corrected chi connectivity index (χ4v) is 3.87. The molecular formula is C24H26N4O2. The van der Waals surface area contributed by atoms with Gasteiger partial charge >= 0.3 is 5.97 Å². The number of rotatable bonds is 7. The van der Waals surface area contributed by atoms with Crippen LogP contribution in [0.25, 0.3) is 0 Å². The van der Waals surface area contributed by atoms with Gasteiger partial charge in [0.05, 0.1) is 0 Å². The van der Waals surface area contributed by atoms with Gasteiger partial charge in [-0.1, -0.05) is 67.8 Å². The van der Waals surface area contributed by atoms with Crippen molar-refractivity contribution in [3.63, 3.8) is 0 Å². The monoisotopic (exact) mass is 402 g/mol.